The summed E-state index contributed by atoms with van der Waals surface area (Å²) in [6.07, 6.45) is 8.30. The second kappa shape index (κ2) is 7.15. The Hall–Kier alpha value is -3.08. The van der Waals surface area contributed by atoms with Crippen molar-refractivity contribution in [2.75, 3.05) is 0 Å². The number of halogens is 3. The fourth-order valence-corrected chi connectivity index (χ4v) is 3.65. The van der Waals surface area contributed by atoms with Gasteiger partial charge in [0.05, 0.1) is 6.04 Å². The van der Waals surface area contributed by atoms with Crippen molar-refractivity contribution in [3.05, 3.63) is 82.8 Å². The molecule has 1 N–H and O–H groups in total. The molecule has 0 fully saturated rings. The van der Waals surface area contributed by atoms with Crippen molar-refractivity contribution in [3.8, 4) is 11.1 Å². The molecule has 142 valence electrons. The standard InChI is InChI=1S/C23H18F3NO/c24-23(25,26)22(28)20-7-3-2-6-19(20)17-12-10-15-9-11-16-5-1-4-8-21(16)27-14-18(15)13-17/h1-10,12-14,16,21,27H,11H2. The van der Waals surface area contributed by atoms with Gasteiger partial charge in [-0.1, -0.05) is 66.8 Å². The fourth-order valence-electron chi connectivity index (χ4n) is 3.65. The predicted octanol–water partition coefficient (Wildman–Crippen LogP) is 3.72. The van der Waals surface area contributed by atoms with Crippen molar-refractivity contribution in [1.29, 1.82) is 0 Å². The van der Waals surface area contributed by atoms with E-state index in [1.807, 2.05) is 30.5 Å². The number of carbonyl (C=O) groups is 1. The molecule has 2 unspecified atom stereocenters. The summed E-state index contributed by atoms with van der Waals surface area (Å²) in [5.41, 5.74) is 0.522. The smallest absolute Gasteiger partial charge is 0.384 e. The number of hydrogen-bond acceptors (Lipinski definition) is 2. The summed E-state index contributed by atoms with van der Waals surface area (Å²) in [7, 11) is 0. The van der Waals surface area contributed by atoms with E-state index in [4.69, 9.17) is 0 Å². The quantitative estimate of drug-likeness (QED) is 0.804. The van der Waals surface area contributed by atoms with Gasteiger partial charge in [-0.25, -0.2) is 0 Å². The van der Waals surface area contributed by atoms with Gasteiger partial charge in [0.1, 0.15) is 0 Å². The highest BCUT2D eigenvalue weighted by Gasteiger charge is 2.40. The number of rotatable bonds is 2. The summed E-state index contributed by atoms with van der Waals surface area (Å²) in [6.45, 7) is 0. The van der Waals surface area contributed by atoms with Crippen LogP contribution in [0.3, 0.4) is 0 Å². The largest absolute Gasteiger partial charge is 0.454 e. The molecule has 2 aliphatic rings. The molecule has 1 aliphatic heterocycles. The molecular formula is C23H18F3NO. The zero-order chi connectivity index (χ0) is 19.7. The molecule has 0 saturated carbocycles. The highest BCUT2D eigenvalue weighted by atomic mass is 19.4. The lowest BCUT2D eigenvalue weighted by molar-refractivity contribution is -0.0884. The van der Waals surface area contributed by atoms with Gasteiger partial charge in [0.2, 0.25) is 0 Å². The Morgan fingerprint density at radius 1 is 1.00 bits per heavy atom. The lowest BCUT2D eigenvalue weighted by Crippen LogP contribution is -2.37. The van der Waals surface area contributed by atoms with Crippen LogP contribution >= 0.6 is 0 Å². The number of Topliss-reactive ketones (excluding diaryl/α,β-unsaturated/α-hetero) is 1. The molecule has 0 aromatic heterocycles. The van der Waals surface area contributed by atoms with E-state index in [1.54, 1.807) is 18.2 Å². The number of benzene rings is 2. The minimum atomic E-state index is -4.91. The number of ketones is 1. The van der Waals surface area contributed by atoms with Crippen molar-refractivity contribution < 1.29 is 18.0 Å². The molecule has 1 heterocycles. The molecule has 1 aliphatic carbocycles. The molecule has 5 heteroatoms. The average molecular weight is 381 g/mol. The number of fused-ring (bicyclic) bond motifs is 2. The summed E-state index contributed by atoms with van der Waals surface area (Å²) < 4.78 is 38.9. The maximum absolute atomic E-state index is 13.0. The Bertz CT molecular complexity index is 1100. The third-order valence-electron chi connectivity index (χ3n) is 5.12. The van der Waals surface area contributed by atoms with Crippen LogP contribution in [0.25, 0.3) is 23.4 Å². The Morgan fingerprint density at radius 2 is 1.79 bits per heavy atom. The molecule has 0 amide bonds. The van der Waals surface area contributed by atoms with Gasteiger partial charge in [-0.15, -0.1) is 0 Å². The van der Waals surface area contributed by atoms with Crippen LogP contribution in [-0.4, -0.2) is 18.0 Å². The van der Waals surface area contributed by atoms with Gasteiger partial charge in [-0.2, -0.15) is 13.2 Å². The third kappa shape index (κ3) is 3.52. The zero-order valence-electron chi connectivity index (χ0n) is 14.9. The molecule has 0 radical (unpaired) electrons. The molecule has 2 aromatic carbocycles. The SMILES string of the molecule is O=C(c1ccccc1-c1ccc2c(c1)=CNC1C=CC=CC1CC=2)C(F)(F)F. The predicted molar refractivity (Wildman–Crippen MR) is 104 cm³/mol. The van der Waals surface area contributed by atoms with Crippen molar-refractivity contribution >= 4 is 18.1 Å². The van der Waals surface area contributed by atoms with Crippen molar-refractivity contribution in [3.63, 3.8) is 0 Å². The first-order valence-corrected chi connectivity index (χ1v) is 9.06. The molecule has 4 rings (SSSR count). The van der Waals surface area contributed by atoms with Gasteiger partial charge in [-0.3, -0.25) is 4.79 Å². The van der Waals surface area contributed by atoms with Gasteiger partial charge < -0.3 is 5.32 Å². The first kappa shape index (κ1) is 18.3. The van der Waals surface area contributed by atoms with E-state index in [0.717, 1.165) is 16.9 Å². The first-order chi connectivity index (χ1) is 13.4. The van der Waals surface area contributed by atoms with Crippen LogP contribution < -0.4 is 15.8 Å². The van der Waals surface area contributed by atoms with Crippen molar-refractivity contribution in [2.24, 2.45) is 5.92 Å². The van der Waals surface area contributed by atoms with Gasteiger partial charge in [0, 0.05) is 17.7 Å². The minimum absolute atomic E-state index is 0.178. The Balaban J connectivity index is 1.79. The maximum atomic E-state index is 13.0. The topological polar surface area (TPSA) is 29.1 Å². The van der Waals surface area contributed by atoms with Crippen LogP contribution in [0.5, 0.6) is 0 Å². The number of carbonyl (C=O) groups excluding carboxylic acids is 1. The number of nitrogens with one attached hydrogen (secondary N) is 1. The van der Waals surface area contributed by atoms with Gasteiger partial charge in [-0.05, 0) is 34.1 Å². The summed E-state index contributed by atoms with van der Waals surface area (Å²) in [5, 5.41) is 5.28. The Labute approximate surface area is 160 Å². The van der Waals surface area contributed by atoms with Crippen LogP contribution in [0.2, 0.25) is 0 Å². The van der Waals surface area contributed by atoms with Crippen molar-refractivity contribution in [2.45, 2.75) is 18.6 Å². The lowest BCUT2D eigenvalue weighted by Gasteiger charge is -2.24. The second-order valence-electron chi connectivity index (χ2n) is 6.93. The van der Waals surface area contributed by atoms with Gasteiger partial charge >= 0.3 is 6.18 Å². The van der Waals surface area contributed by atoms with E-state index < -0.39 is 12.0 Å². The molecule has 0 spiro atoms. The van der Waals surface area contributed by atoms with Crippen LogP contribution in [0.1, 0.15) is 16.8 Å². The minimum Gasteiger partial charge on any atom is -0.384 e. The van der Waals surface area contributed by atoms with Crippen LogP contribution in [0.4, 0.5) is 13.2 Å². The summed E-state index contributed by atoms with van der Waals surface area (Å²) >= 11 is 0. The molecular weight excluding hydrogens is 363 g/mol. The van der Waals surface area contributed by atoms with Gasteiger partial charge in [0.25, 0.3) is 5.78 Å². The zero-order valence-corrected chi connectivity index (χ0v) is 14.9. The summed E-state index contributed by atoms with van der Waals surface area (Å²) in [4.78, 5) is 11.8. The van der Waals surface area contributed by atoms with E-state index in [1.165, 1.54) is 12.1 Å². The van der Waals surface area contributed by atoms with Gasteiger partial charge in [0.15, 0.2) is 0 Å². The Kier molecular flexibility index (Phi) is 4.67. The number of alkyl halides is 3. The van der Waals surface area contributed by atoms with Crippen LogP contribution in [-0.2, 0) is 0 Å². The summed E-state index contributed by atoms with van der Waals surface area (Å²) in [5.74, 6) is -1.47. The molecule has 2 aromatic rings. The number of hydrogen-bond donors (Lipinski definition) is 1. The van der Waals surface area contributed by atoms with Crippen molar-refractivity contribution in [1.82, 2.24) is 5.32 Å². The molecule has 2 nitrogen and oxygen atoms in total. The van der Waals surface area contributed by atoms with E-state index in [-0.39, 0.29) is 17.2 Å². The van der Waals surface area contributed by atoms with E-state index in [9.17, 15) is 18.0 Å². The maximum Gasteiger partial charge on any atom is 0.454 e. The van der Waals surface area contributed by atoms with E-state index >= 15 is 0 Å². The van der Waals surface area contributed by atoms with Crippen LogP contribution in [0, 0.1) is 5.92 Å². The highest BCUT2D eigenvalue weighted by Crippen LogP contribution is 2.29. The second-order valence-corrected chi connectivity index (χ2v) is 6.93. The molecule has 0 bridgehead atoms. The number of allylic oxidation sites excluding steroid dienone is 2. The average Bonchev–Trinajstić information content (AvgIpc) is 2.68. The molecule has 2 atom stereocenters. The molecule has 28 heavy (non-hydrogen) atoms. The van der Waals surface area contributed by atoms with E-state index in [2.05, 4.69) is 23.5 Å². The van der Waals surface area contributed by atoms with Crippen LogP contribution in [0.15, 0.2) is 66.8 Å². The highest BCUT2D eigenvalue weighted by molar-refractivity contribution is 6.05. The Morgan fingerprint density at radius 3 is 2.61 bits per heavy atom. The first-order valence-electron chi connectivity index (χ1n) is 9.06. The fraction of sp³-hybridized carbons (Fsp3) is 0.174. The molecule has 0 saturated heterocycles. The monoisotopic (exact) mass is 381 g/mol. The normalized spacial score (nSPS) is 20.5. The third-order valence-corrected chi connectivity index (χ3v) is 5.12. The summed E-state index contributed by atoms with van der Waals surface area (Å²) in [6, 6.07) is 11.5. The van der Waals surface area contributed by atoms with E-state index in [0.29, 0.717) is 11.5 Å². The lowest BCUT2D eigenvalue weighted by atomic mass is 9.90.